The van der Waals surface area contributed by atoms with Crippen LogP contribution in [0.2, 0.25) is 0 Å². The second-order valence-electron chi connectivity index (χ2n) is 6.77. The number of nitrogens with zero attached hydrogens (tertiary/aromatic N) is 5. The molecule has 0 amide bonds. The normalized spacial score (nSPS) is 11.7. The largest absolute Gasteiger partial charge is 0.494 e. The van der Waals surface area contributed by atoms with Crippen molar-refractivity contribution in [3.05, 3.63) is 62.1 Å². The summed E-state index contributed by atoms with van der Waals surface area (Å²) in [5.74, 6) is 0.420. The van der Waals surface area contributed by atoms with Gasteiger partial charge in [-0.25, -0.2) is 9.98 Å². The Morgan fingerprint density at radius 1 is 1.27 bits per heavy atom. The standard InChI is InChI=1S/C21H21N5O2S2/c1-4-24-19(27)14(20(28)25(5-2)21(24)29)12-22-18-17(15-7-6-10-30-15)23-16-11-13(3)8-9-26(16)18/h6-12,27H,4-5H2,1-3H3. The first kappa shape index (κ1) is 20.2. The summed E-state index contributed by atoms with van der Waals surface area (Å²) in [4.78, 5) is 23.2. The third kappa shape index (κ3) is 3.29. The number of imidazole rings is 1. The lowest BCUT2D eigenvalue weighted by molar-refractivity contribution is 0.399. The van der Waals surface area contributed by atoms with Crippen LogP contribution >= 0.6 is 23.6 Å². The molecule has 0 unspecified atom stereocenters. The van der Waals surface area contributed by atoms with E-state index in [1.54, 1.807) is 11.3 Å². The van der Waals surface area contributed by atoms with E-state index in [0.717, 1.165) is 21.8 Å². The first-order chi connectivity index (χ1) is 14.5. The quantitative estimate of drug-likeness (QED) is 0.365. The van der Waals surface area contributed by atoms with Gasteiger partial charge in [0.2, 0.25) is 5.88 Å². The first-order valence-electron chi connectivity index (χ1n) is 9.59. The third-order valence-electron chi connectivity index (χ3n) is 4.89. The highest BCUT2D eigenvalue weighted by atomic mass is 32.1. The van der Waals surface area contributed by atoms with E-state index in [2.05, 4.69) is 4.99 Å². The van der Waals surface area contributed by atoms with Crippen LogP contribution in [0.3, 0.4) is 0 Å². The van der Waals surface area contributed by atoms with Gasteiger partial charge in [0, 0.05) is 25.5 Å². The van der Waals surface area contributed by atoms with E-state index in [1.807, 2.05) is 61.0 Å². The summed E-state index contributed by atoms with van der Waals surface area (Å²) in [6.07, 6.45) is 3.31. The molecule has 0 spiro atoms. The lowest BCUT2D eigenvalue weighted by atomic mass is 10.3. The molecule has 9 heteroatoms. The Morgan fingerprint density at radius 3 is 2.70 bits per heavy atom. The van der Waals surface area contributed by atoms with Crippen LogP contribution in [0, 0.1) is 11.7 Å². The predicted octanol–water partition coefficient (Wildman–Crippen LogP) is 4.56. The van der Waals surface area contributed by atoms with Crippen molar-refractivity contribution in [1.29, 1.82) is 0 Å². The molecule has 30 heavy (non-hydrogen) atoms. The molecule has 4 rings (SSSR count). The van der Waals surface area contributed by atoms with Crippen LogP contribution in [-0.2, 0) is 13.1 Å². The van der Waals surface area contributed by atoms with Gasteiger partial charge in [-0.15, -0.1) is 11.3 Å². The fraction of sp³-hybridized carbons (Fsp3) is 0.238. The highest BCUT2D eigenvalue weighted by Gasteiger charge is 2.17. The SMILES string of the molecule is CCn1c(O)c(C=Nc2c(-c3cccs3)nc3cc(C)ccn23)c(=O)n(CC)c1=S. The Labute approximate surface area is 182 Å². The van der Waals surface area contributed by atoms with Gasteiger partial charge in [0.15, 0.2) is 10.6 Å². The Bertz CT molecular complexity index is 1380. The molecule has 1 N–H and O–H groups in total. The second-order valence-corrected chi connectivity index (χ2v) is 8.08. The average Bonchev–Trinajstić information content (AvgIpc) is 3.36. The molecule has 4 heterocycles. The number of aliphatic imine (C=N–C) groups is 1. The van der Waals surface area contributed by atoms with E-state index in [0.29, 0.717) is 23.7 Å². The van der Waals surface area contributed by atoms with Crippen molar-refractivity contribution in [2.24, 2.45) is 4.99 Å². The number of pyridine rings is 1. The summed E-state index contributed by atoms with van der Waals surface area (Å²) < 4.78 is 5.16. The number of aromatic nitrogens is 4. The molecule has 0 fully saturated rings. The molecule has 0 radical (unpaired) electrons. The number of hydrogen-bond acceptors (Lipinski definition) is 6. The van der Waals surface area contributed by atoms with Gasteiger partial charge in [-0.1, -0.05) is 6.07 Å². The van der Waals surface area contributed by atoms with Crippen LogP contribution in [0.1, 0.15) is 25.0 Å². The van der Waals surface area contributed by atoms with Gasteiger partial charge in [0.05, 0.1) is 4.88 Å². The highest BCUT2D eigenvalue weighted by Crippen LogP contribution is 2.34. The molecule has 0 bridgehead atoms. The van der Waals surface area contributed by atoms with Gasteiger partial charge in [-0.2, -0.15) is 0 Å². The Kier molecular flexibility index (Phi) is 5.40. The van der Waals surface area contributed by atoms with Crippen LogP contribution < -0.4 is 5.56 Å². The summed E-state index contributed by atoms with van der Waals surface area (Å²) in [6, 6.07) is 7.90. The van der Waals surface area contributed by atoms with E-state index in [4.69, 9.17) is 17.2 Å². The summed E-state index contributed by atoms with van der Waals surface area (Å²) >= 11 is 6.92. The first-order valence-corrected chi connectivity index (χ1v) is 10.9. The van der Waals surface area contributed by atoms with Crippen molar-refractivity contribution in [3.63, 3.8) is 0 Å². The molecule has 4 aromatic heterocycles. The smallest absolute Gasteiger partial charge is 0.267 e. The zero-order valence-electron chi connectivity index (χ0n) is 16.9. The van der Waals surface area contributed by atoms with E-state index in [9.17, 15) is 9.90 Å². The molecule has 0 saturated heterocycles. The second kappa shape index (κ2) is 8.00. The molecule has 0 aliphatic heterocycles. The molecule has 0 saturated carbocycles. The number of hydrogen-bond donors (Lipinski definition) is 1. The molecular weight excluding hydrogens is 418 g/mol. The lowest BCUT2D eigenvalue weighted by Crippen LogP contribution is -2.27. The summed E-state index contributed by atoms with van der Waals surface area (Å²) in [7, 11) is 0. The van der Waals surface area contributed by atoms with Gasteiger partial charge in [0.25, 0.3) is 5.56 Å². The topological polar surface area (TPSA) is 76.8 Å². The van der Waals surface area contributed by atoms with Crippen molar-refractivity contribution in [1.82, 2.24) is 18.5 Å². The minimum Gasteiger partial charge on any atom is -0.494 e. The van der Waals surface area contributed by atoms with Crippen molar-refractivity contribution in [2.75, 3.05) is 0 Å². The summed E-state index contributed by atoms with van der Waals surface area (Å²) in [5.41, 5.74) is 2.33. The Hall–Kier alpha value is -3.04. The molecule has 4 aromatic rings. The number of aryl methyl sites for hydroxylation is 1. The van der Waals surface area contributed by atoms with Crippen molar-refractivity contribution in [3.8, 4) is 16.5 Å². The highest BCUT2D eigenvalue weighted by molar-refractivity contribution is 7.71. The zero-order valence-corrected chi connectivity index (χ0v) is 18.5. The Morgan fingerprint density at radius 2 is 2.03 bits per heavy atom. The van der Waals surface area contributed by atoms with E-state index < -0.39 is 0 Å². The van der Waals surface area contributed by atoms with Crippen molar-refractivity contribution in [2.45, 2.75) is 33.9 Å². The predicted molar refractivity (Wildman–Crippen MR) is 123 cm³/mol. The molecule has 154 valence electrons. The number of thiophene rings is 1. The van der Waals surface area contributed by atoms with E-state index >= 15 is 0 Å². The molecule has 0 aliphatic rings. The maximum atomic E-state index is 12.9. The monoisotopic (exact) mass is 439 g/mol. The summed E-state index contributed by atoms with van der Waals surface area (Å²) in [6.45, 7) is 6.57. The van der Waals surface area contributed by atoms with Crippen LogP contribution in [0.25, 0.3) is 16.2 Å². The molecular formula is C21H21N5O2S2. The van der Waals surface area contributed by atoms with Crippen LogP contribution in [0.4, 0.5) is 5.82 Å². The number of rotatable bonds is 5. The Balaban J connectivity index is 1.95. The van der Waals surface area contributed by atoms with Crippen LogP contribution in [0.15, 0.2) is 45.6 Å². The van der Waals surface area contributed by atoms with E-state index in [-0.39, 0.29) is 17.0 Å². The third-order valence-corrected chi connectivity index (χ3v) is 6.21. The van der Waals surface area contributed by atoms with Crippen LogP contribution in [-0.4, -0.2) is 29.8 Å². The maximum Gasteiger partial charge on any atom is 0.267 e. The molecule has 0 aliphatic carbocycles. The lowest BCUT2D eigenvalue weighted by Gasteiger charge is -2.13. The van der Waals surface area contributed by atoms with Gasteiger partial charge < -0.3 is 5.11 Å². The fourth-order valence-electron chi connectivity index (χ4n) is 3.35. The fourth-order valence-corrected chi connectivity index (χ4v) is 4.48. The van der Waals surface area contributed by atoms with E-state index in [1.165, 1.54) is 15.3 Å². The average molecular weight is 440 g/mol. The summed E-state index contributed by atoms with van der Waals surface area (Å²) in [5, 5.41) is 12.7. The van der Waals surface area contributed by atoms with Gasteiger partial charge in [-0.05, 0) is 62.1 Å². The number of fused-ring (bicyclic) bond motifs is 1. The molecule has 0 atom stereocenters. The van der Waals surface area contributed by atoms with Gasteiger partial charge in [-0.3, -0.25) is 18.3 Å². The van der Waals surface area contributed by atoms with Gasteiger partial charge in [0.1, 0.15) is 16.9 Å². The van der Waals surface area contributed by atoms with Crippen LogP contribution in [0.5, 0.6) is 5.88 Å². The molecule has 7 nitrogen and oxygen atoms in total. The van der Waals surface area contributed by atoms with Gasteiger partial charge >= 0.3 is 0 Å². The maximum absolute atomic E-state index is 12.9. The molecule has 0 aromatic carbocycles. The number of aromatic hydroxyl groups is 1. The zero-order chi connectivity index (χ0) is 21.4. The minimum atomic E-state index is -0.365. The van der Waals surface area contributed by atoms with Crippen molar-refractivity contribution < 1.29 is 5.11 Å². The minimum absolute atomic E-state index is 0.103. The van der Waals surface area contributed by atoms with Crippen molar-refractivity contribution >= 4 is 41.2 Å².